The molecule has 0 N–H and O–H groups in total. The van der Waals surface area contributed by atoms with Gasteiger partial charge in [0.15, 0.2) is 11.5 Å². The lowest BCUT2D eigenvalue weighted by Crippen LogP contribution is -2.37. The molecule has 3 rings (SSSR count). The van der Waals surface area contributed by atoms with Crippen molar-refractivity contribution in [2.24, 2.45) is 11.8 Å². The lowest BCUT2D eigenvalue weighted by atomic mass is 9.87. The molecule has 2 atom stereocenters. The number of rotatable bonds is 7. The highest BCUT2D eigenvalue weighted by atomic mass is 16.5. The third-order valence-corrected chi connectivity index (χ3v) is 6.62. The predicted octanol–water partition coefficient (Wildman–Crippen LogP) is 2.92. The topological polar surface area (TPSA) is 68.3 Å². The van der Waals surface area contributed by atoms with Gasteiger partial charge in [0, 0.05) is 38.5 Å². The average molecular weight is 419 g/mol. The highest BCUT2D eigenvalue weighted by Crippen LogP contribution is 2.44. The second-order valence-electron chi connectivity index (χ2n) is 8.25. The molecule has 0 bridgehead atoms. The Kier molecular flexibility index (Phi) is 7.10. The van der Waals surface area contributed by atoms with Crippen LogP contribution in [-0.2, 0) is 9.59 Å². The van der Waals surface area contributed by atoms with Gasteiger partial charge < -0.3 is 24.0 Å². The predicted molar refractivity (Wildman–Crippen MR) is 114 cm³/mol. The molecule has 7 nitrogen and oxygen atoms in total. The van der Waals surface area contributed by atoms with Crippen LogP contribution in [0.4, 0.5) is 0 Å². The monoisotopic (exact) mass is 418 g/mol. The molecule has 1 aliphatic heterocycles. The number of ether oxygens (including phenoxy) is 3. The Balaban J connectivity index is 1.96. The number of carbonyl (C=O) groups excluding carboxylic acids is 2. The largest absolute Gasteiger partial charge is 0.493 e. The van der Waals surface area contributed by atoms with Crippen molar-refractivity contribution < 1.29 is 23.8 Å². The molecule has 2 aliphatic rings. The molecule has 0 aromatic heterocycles. The quantitative estimate of drug-likeness (QED) is 0.681. The zero-order valence-electron chi connectivity index (χ0n) is 18.8. The van der Waals surface area contributed by atoms with Crippen molar-refractivity contribution in [1.82, 2.24) is 9.80 Å². The van der Waals surface area contributed by atoms with Gasteiger partial charge in [0.05, 0.1) is 27.2 Å². The molecule has 0 spiro atoms. The van der Waals surface area contributed by atoms with E-state index in [1.54, 1.807) is 26.2 Å². The Hall–Kier alpha value is -2.44. The number of likely N-dealkylation sites (tertiary alicyclic amines) is 1. The Morgan fingerprint density at radius 2 is 1.63 bits per heavy atom. The summed E-state index contributed by atoms with van der Waals surface area (Å²) in [5, 5.41) is 0. The minimum atomic E-state index is -0.289. The van der Waals surface area contributed by atoms with E-state index in [0.29, 0.717) is 36.9 Å². The summed E-state index contributed by atoms with van der Waals surface area (Å²) >= 11 is 0. The van der Waals surface area contributed by atoms with Crippen molar-refractivity contribution in [3.63, 3.8) is 0 Å². The van der Waals surface area contributed by atoms with Crippen LogP contribution in [0.1, 0.15) is 44.1 Å². The SMILES string of the molecule is CCN(C)C(=O)[C@H]1CN(C(=O)C2CCCC2)C[C@@H]1c1cc(OC)c(OC)c(OC)c1. The minimum absolute atomic E-state index is 0.0676. The lowest BCUT2D eigenvalue weighted by Gasteiger charge is -2.24. The van der Waals surface area contributed by atoms with Gasteiger partial charge in [0.2, 0.25) is 17.6 Å². The zero-order valence-corrected chi connectivity index (χ0v) is 18.8. The Bertz CT molecular complexity index is 750. The first-order valence-electron chi connectivity index (χ1n) is 10.8. The van der Waals surface area contributed by atoms with Gasteiger partial charge in [-0.05, 0) is 37.5 Å². The standard InChI is InChI=1S/C23H34N2O5/c1-6-24(2)23(27)18-14-25(22(26)15-9-7-8-10-15)13-17(18)16-11-19(28-3)21(30-5)20(12-16)29-4/h11-12,15,17-18H,6-10,13-14H2,1-5H3/t17-,18+/m1/s1. The summed E-state index contributed by atoms with van der Waals surface area (Å²) in [4.78, 5) is 29.9. The first-order valence-corrected chi connectivity index (χ1v) is 10.8. The van der Waals surface area contributed by atoms with Crippen molar-refractivity contribution in [2.45, 2.75) is 38.5 Å². The Morgan fingerprint density at radius 3 is 2.13 bits per heavy atom. The maximum atomic E-state index is 13.2. The van der Waals surface area contributed by atoms with E-state index in [1.165, 1.54) is 0 Å². The second kappa shape index (κ2) is 9.58. The molecular formula is C23H34N2O5. The van der Waals surface area contributed by atoms with E-state index in [-0.39, 0.29) is 29.6 Å². The normalized spacial score (nSPS) is 21.6. The summed E-state index contributed by atoms with van der Waals surface area (Å²) in [7, 11) is 6.55. The van der Waals surface area contributed by atoms with Crippen LogP contribution in [0, 0.1) is 11.8 Å². The highest BCUT2D eigenvalue weighted by Gasteiger charge is 2.43. The van der Waals surface area contributed by atoms with Gasteiger partial charge in [-0.15, -0.1) is 0 Å². The molecule has 0 unspecified atom stereocenters. The van der Waals surface area contributed by atoms with E-state index in [0.717, 1.165) is 31.2 Å². The fourth-order valence-corrected chi connectivity index (χ4v) is 4.76. The number of methoxy groups -OCH3 is 3. The maximum Gasteiger partial charge on any atom is 0.227 e. The second-order valence-corrected chi connectivity index (χ2v) is 8.25. The van der Waals surface area contributed by atoms with Crippen molar-refractivity contribution in [2.75, 3.05) is 48.0 Å². The number of carbonyl (C=O) groups is 2. The van der Waals surface area contributed by atoms with Gasteiger partial charge in [-0.1, -0.05) is 12.8 Å². The molecule has 1 heterocycles. The first-order chi connectivity index (χ1) is 14.4. The fourth-order valence-electron chi connectivity index (χ4n) is 4.76. The van der Waals surface area contributed by atoms with Crippen molar-refractivity contribution in [3.8, 4) is 17.2 Å². The van der Waals surface area contributed by atoms with Gasteiger partial charge >= 0.3 is 0 Å². The lowest BCUT2D eigenvalue weighted by molar-refractivity contribution is -0.136. The molecule has 2 fully saturated rings. The van der Waals surface area contributed by atoms with Crippen LogP contribution in [0.25, 0.3) is 0 Å². The molecule has 0 radical (unpaired) electrons. The summed E-state index contributed by atoms with van der Waals surface area (Å²) < 4.78 is 16.5. The third kappa shape index (κ3) is 4.20. The van der Waals surface area contributed by atoms with Crippen LogP contribution in [0.2, 0.25) is 0 Å². The van der Waals surface area contributed by atoms with Crippen LogP contribution in [-0.4, -0.2) is 69.6 Å². The first kappa shape index (κ1) is 22.2. The summed E-state index contributed by atoms with van der Waals surface area (Å²) in [5.74, 6) is 1.59. The summed E-state index contributed by atoms with van der Waals surface area (Å²) in [6.07, 6.45) is 4.14. The molecule has 1 saturated carbocycles. The Labute approximate surface area is 179 Å². The molecule has 2 amide bonds. The van der Waals surface area contributed by atoms with Gasteiger partial charge in [-0.25, -0.2) is 0 Å². The summed E-state index contributed by atoms with van der Waals surface area (Å²) in [5.41, 5.74) is 0.925. The van der Waals surface area contributed by atoms with Gasteiger partial charge in [-0.2, -0.15) is 0 Å². The van der Waals surface area contributed by atoms with Crippen LogP contribution in [0.15, 0.2) is 12.1 Å². The van der Waals surface area contributed by atoms with Crippen LogP contribution < -0.4 is 14.2 Å². The molecule has 30 heavy (non-hydrogen) atoms. The number of hydrogen-bond donors (Lipinski definition) is 0. The Morgan fingerprint density at radius 1 is 1.03 bits per heavy atom. The van der Waals surface area contributed by atoms with Gasteiger partial charge in [-0.3, -0.25) is 9.59 Å². The number of nitrogens with zero attached hydrogens (tertiary/aromatic N) is 2. The fraction of sp³-hybridized carbons (Fsp3) is 0.652. The smallest absolute Gasteiger partial charge is 0.227 e. The van der Waals surface area contributed by atoms with Crippen LogP contribution >= 0.6 is 0 Å². The molecule has 1 saturated heterocycles. The molecule has 166 valence electrons. The summed E-state index contributed by atoms with van der Waals surface area (Å²) in [6, 6.07) is 3.81. The average Bonchev–Trinajstić information content (AvgIpc) is 3.46. The maximum absolute atomic E-state index is 13.2. The highest BCUT2D eigenvalue weighted by molar-refractivity contribution is 5.84. The van der Waals surface area contributed by atoms with Crippen molar-refractivity contribution in [3.05, 3.63) is 17.7 Å². The number of hydrogen-bond acceptors (Lipinski definition) is 5. The molecule has 1 aromatic rings. The van der Waals surface area contributed by atoms with Crippen LogP contribution in [0.3, 0.4) is 0 Å². The van der Waals surface area contributed by atoms with E-state index in [1.807, 2.05) is 31.0 Å². The third-order valence-electron chi connectivity index (χ3n) is 6.62. The van der Waals surface area contributed by atoms with E-state index >= 15 is 0 Å². The van der Waals surface area contributed by atoms with Gasteiger partial charge in [0.25, 0.3) is 0 Å². The van der Waals surface area contributed by atoms with Crippen LogP contribution in [0.5, 0.6) is 17.2 Å². The van der Waals surface area contributed by atoms with Crippen molar-refractivity contribution in [1.29, 1.82) is 0 Å². The molecule has 1 aromatic carbocycles. The zero-order chi connectivity index (χ0) is 21.8. The molecular weight excluding hydrogens is 384 g/mol. The minimum Gasteiger partial charge on any atom is -0.493 e. The van der Waals surface area contributed by atoms with Gasteiger partial charge in [0.1, 0.15) is 0 Å². The number of amides is 2. The van der Waals surface area contributed by atoms with E-state index in [9.17, 15) is 9.59 Å². The molecule has 7 heteroatoms. The van der Waals surface area contributed by atoms with Crippen molar-refractivity contribution >= 4 is 11.8 Å². The van der Waals surface area contributed by atoms with E-state index < -0.39 is 0 Å². The molecule has 1 aliphatic carbocycles. The number of benzene rings is 1. The van der Waals surface area contributed by atoms with E-state index in [2.05, 4.69) is 0 Å². The van der Waals surface area contributed by atoms with E-state index in [4.69, 9.17) is 14.2 Å². The summed E-state index contributed by atoms with van der Waals surface area (Å²) in [6.45, 7) is 3.58.